The summed E-state index contributed by atoms with van der Waals surface area (Å²) in [5.41, 5.74) is 1.62. The quantitative estimate of drug-likeness (QED) is 0.517. The fourth-order valence-corrected chi connectivity index (χ4v) is 4.44. The number of piperazine rings is 1. The van der Waals surface area contributed by atoms with Crippen molar-refractivity contribution in [3.05, 3.63) is 47.9 Å². The van der Waals surface area contributed by atoms with Crippen LogP contribution in [-0.4, -0.2) is 80.5 Å². The molecule has 0 amide bonds. The molecule has 0 bridgehead atoms. The van der Waals surface area contributed by atoms with Crippen molar-refractivity contribution in [2.75, 3.05) is 46.8 Å². The summed E-state index contributed by atoms with van der Waals surface area (Å²) in [6.07, 6.45) is 1.59. The van der Waals surface area contributed by atoms with Crippen LogP contribution >= 0.6 is 0 Å². The van der Waals surface area contributed by atoms with Gasteiger partial charge < -0.3 is 14.7 Å². The highest BCUT2D eigenvalue weighted by molar-refractivity contribution is 7.89. The van der Waals surface area contributed by atoms with Crippen molar-refractivity contribution in [1.82, 2.24) is 24.6 Å². The van der Waals surface area contributed by atoms with Gasteiger partial charge in [-0.3, -0.25) is 4.90 Å². The maximum Gasteiger partial charge on any atom is 0.242 e. The van der Waals surface area contributed by atoms with Crippen molar-refractivity contribution in [2.45, 2.75) is 24.9 Å². The minimum atomic E-state index is -3.52. The molecule has 1 aromatic heterocycles. The van der Waals surface area contributed by atoms with Crippen molar-refractivity contribution in [2.24, 2.45) is 4.99 Å². The van der Waals surface area contributed by atoms with E-state index in [0.29, 0.717) is 17.0 Å². The van der Waals surface area contributed by atoms with Gasteiger partial charge in [-0.2, -0.15) is 0 Å². The van der Waals surface area contributed by atoms with Crippen molar-refractivity contribution in [1.29, 1.82) is 0 Å². The predicted octanol–water partition coefficient (Wildman–Crippen LogP) is 1.21. The van der Waals surface area contributed by atoms with Crippen LogP contribution in [0, 0.1) is 0 Å². The Morgan fingerprint density at radius 3 is 2.57 bits per heavy atom. The SMILES string of the molecule is CCNC(=NCc1ccccc1S(=O)(=O)N(C)C)N1CCN(Cc2ccon2)CC1. The van der Waals surface area contributed by atoms with E-state index in [9.17, 15) is 8.42 Å². The first-order valence-corrected chi connectivity index (χ1v) is 11.5. The Morgan fingerprint density at radius 2 is 1.93 bits per heavy atom. The van der Waals surface area contributed by atoms with Crippen LogP contribution in [0.2, 0.25) is 0 Å². The molecule has 0 saturated carbocycles. The number of benzene rings is 1. The van der Waals surface area contributed by atoms with Crippen LogP contribution in [0.1, 0.15) is 18.2 Å². The normalized spacial score (nSPS) is 16.3. The van der Waals surface area contributed by atoms with E-state index < -0.39 is 10.0 Å². The number of hydrogen-bond donors (Lipinski definition) is 1. The molecule has 1 aromatic carbocycles. The van der Waals surface area contributed by atoms with Gasteiger partial charge in [0.15, 0.2) is 5.96 Å². The zero-order chi connectivity index (χ0) is 21.6. The first-order chi connectivity index (χ1) is 14.4. The van der Waals surface area contributed by atoms with Gasteiger partial charge in [-0.1, -0.05) is 23.4 Å². The average molecular weight is 435 g/mol. The Kier molecular flexibility index (Phi) is 7.46. The average Bonchev–Trinajstić information content (AvgIpc) is 3.25. The van der Waals surface area contributed by atoms with Gasteiger partial charge in [0.25, 0.3) is 0 Å². The summed E-state index contributed by atoms with van der Waals surface area (Å²) < 4.78 is 31.4. The lowest BCUT2D eigenvalue weighted by Crippen LogP contribution is -2.52. The minimum absolute atomic E-state index is 0.296. The molecule has 0 atom stereocenters. The lowest BCUT2D eigenvalue weighted by Gasteiger charge is -2.36. The van der Waals surface area contributed by atoms with Gasteiger partial charge in [-0.25, -0.2) is 17.7 Å². The Hall–Kier alpha value is -2.43. The van der Waals surface area contributed by atoms with Crippen molar-refractivity contribution >= 4 is 16.0 Å². The number of guanidine groups is 1. The smallest absolute Gasteiger partial charge is 0.242 e. The van der Waals surface area contributed by atoms with Gasteiger partial charge in [0.1, 0.15) is 6.26 Å². The molecule has 164 valence electrons. The molecule has 0 spiro atoms. The highest BCUT2D eigenvalue weighted by atomic mass is 32.2. The van der Waals surface area contributed by atoms with E-state index in [-0.39, 0.29) is 0 Å². The molecule has 1 fully saturated rings. The molecule has 0 radical (unpaired) electrons. The third-order valence-electron chi connectivity index (χ3n) is 5.01. The van der Waals surface area contributed by atoms with Crippen LogP contribution in [0.3, 0.4) is 0 Å². The van der Waals surface area contributed by atoms with Crippen molar-refractivity contribution in [3.63, 3.8) is 0 Å². The van der Waals surface area contributed by atoms with Gasteiger partial charge >= 0.3 is 0 Å². The molecule has 30 heavy (non-hydrogen) atoms. The number of aliphatic imine (C=N–C) groups is 1. The molecule has 2 aromatic rings. The summed E-state index contributed by atoms with van der Waals surface area (Å²) in [6.45, 7) is 7.29. The monoisotopic (exact) mass is 434 g/mol. The van der Waals surface area contributed by atoms with E-state index in [1.54, 1.807) is 18.4 Å². The fourth-order valence-electron chi connectivity index (χ4n) is 3.33. The fraction of sp³-hybridized carbons (Fsp3) is 0.500. The number of nitrogens with zero attached hydrogens (tertiary/aromatic N) is 5. The second-order valence-electron chi connectivity index (χ2n) is 7.32. The molecule has 2 heterocycles. The highest BCUT2D eigenvalue weighted by Crippen LogP contribution is 2.19. The zero-order valence-corrected chi connectivity index (χ0v) is 18.6. The highest BCUT2D eigenvalue weighted by Gasteiger charge is 2.22. The largest absolute Gasteiger partial charge is 0.364 e. The van der Waals surface area contributed by atoms with Crippen LogP contribution in [0.15, 0.2) is 51.0 Å². The molecule has 10 heteroatoms. The van der Waals surface area contributed by atoms with Gasteiger partial charge in [0.2, 0.25) is 10.0 Å². The maximum absolute atomic E-state index is 12.6. The number of hydrogen-bond acceptors (Lipinski definition) is 6. The van der Waals surface area contributed by atoms with Crippen LogP contribution in [0.5, 0.6) is 0 Å². The molecule has 0 aliphatic carbocycles. The Morgan fingerprint density at radius 1 is 1.20 bits per heavy atom. The predicted molar refractivity (Wildman–Crippen MR) is 115 cm³/mol. The molecular weight excluding hydrogens is 404 g/mol. The van der Waals surface area contributed by atoms with Crippen molar-refractivity contribution < 1.29 is 12.9 Å². The van der Waals surface area contributed by atoms with E-state index in [4.69, 9.17) is 9.52 Å². The van der Waals surface area contributed by atoms with Gasteiger partial charge in [-0.05, 0) is 18.6 Å². The minimum Gasteiger partial charge on any atom is -0.364 e. The lowest BCUT2D eigenvalue weighted by atomic mass is 10.2. The molecule has 3 rings (SSSR count). The number of sulfonamides is 1. The summed E-state index contributed by atoms with van der Waals surface area (Å²) in [5, 5.41) is 7.31. The standard InChI is InChI=1S/C20H30N6O3S/c1-4-21-20(26-12-10-25(11-13-26)16-18-9-14-29-23-18)22-15-17-7-5-6-8-19(17)30(27,28)24(2)3/h5-9,14H,4,10-13,15-16H2,1-3H3,(H,21,22). The first kappa shape index (κ1) is 22.3. The lowest BCUT2D eigenvalue weighted by molar-refractivity contribution is 0.169. The zero-order valence-electron chi connectivity index (χ0n) is 17.8. The van der Waals surface area contributed by atoms with E-state index in [1.165, 1.54) is 18.4 Å². The summed E-state index contributed by atoms with van der Waals surface area (Å²) in [5.74, 6) is 0.802. The number of aromatic nitrogens is 1. The Balaban J connectivity index is 1.69. The molecule has 0 unspecified atom stereocenters. The molecule has 9 nitrogen and oxygen atoms in total. The summed E-state index contributed by atoms with van der Waals surface area (Å²) in [4.78, 5) is 9.59. The number of rotatable bonds is 7. The van der Waals surface area contributed by atoms with Crippen LogP contribution < -0.4 is 5.32 Å². The van der Waals surface area contributed by atoms with E-state index in [2.05, 4.69) is 20.3 Å². The summed E-state index contributed by atoms with van der Waals surface area (Å²) in [7, 11) is -0.436. The van der Waals surface area contributed by atoms with E-state index in [1.807, 2.05) is 25.1 Å². The van der Waals surface area contributed by atoms with Crippen LogP contribution in [0.25, 0.3) is 0 Å². The first-order valence-electron chi connectivity index (χ1n) is 10.1. The Bertz CT molecular complexity index is 935. The molecular formula is C20H30N6O3S. The molecule has 1 aliphatic heterocycles. The van der Waals surface area contributed by atoms with Crippen molar-refractivity contribution in [3.8, 4) is 0 Å². The summed E-state index contributed by atoms with van der Waals surface area (Å²) in [6, 6.07) is 8.92. The molecule has 1 aliphatic rings. The van der Waals surface area contributed by atoms with Gasteiger partial charge in [-0.15, -0.1) is 0 Å². The number of nitrogens with one attached hydrogen (secondary N) is 1. The second kappa shape index (κ2) is 10.1. The van der Waals surface area contributed by atoms with Crippen LogP contribution in [0.4, 0.5) is 0 Å². The third-order valence-corrected chi connectivity index (χ3v) is 6.93. The third kappa shape index (κ3) is 5.38. The van der Waals surface area contributed by atoms with Crippen LogP contribution in [-0.2, 0) is 23.1 Å². The Labute approximate surface area is 178 Å². The molecule has 1 saturated heterocycles. The second-order valence-corrected chi connectivity index (χ2v) is 9.44. The topological polar surface area (TPSA) is 94.3 Å². The van der Waals surface area contributed by atoms with Gasteiger partial charge in [0, 0.05) is 59.4 Å². The van der Waals surface area contributed by atoms with Gasteiger partial charge in [0.05, 0.1) is 17.1 Å². The molecule has 1 N–H and O–H groups in total. The van der Waals surface area contributed by atoms with E-state index in [0.717, 1.165) is 50.9 Å². The maximum atomic E-state index is 12.6. The van der Waals surface area contributed by atoms with E-state index >= 15 is 0 Å². The summed E-state index contributed by atoms with van der Waals surface area (Å²) >= 11 is 0.